The van der Waals surface area contributed by atoms with E-state index in [9.17, 15) is 22.0 Å². The number of nitrogens with zero attached hydrogens (tertiary/aromatic N) is 1. The van der Waals surface area contributed by atoms with Crippen LogP contribution in [-0.2, 0) is 16.4 Å². The van der Waals surface area contributed by atoms with E-state index in [1.165, 1.54) is 12.1 Å². The summed E-state index contributed by atoms with van der Waals surface area (Å²) in [6.45, 7) is 3.36. The Kier molecular flexibility index (Phi) is 6.54. The van der Waals surface area contributed by atoms with Crippen LogP contribution in [0.5, 0.6) is 5.75 Å². The van der Waals surface area contributed by atoms with Gasteiger partial charge in [0.25, 0.3) is 5.56 Å². The first-order valence-corrected chi connectivity index (χ1v) is 12.3. The molecule has 1 N–H and O–H groups in total. The molecule has 0 amide bonds. The van der Waals surface area contributed by atoms with Gasteiger partial charge in [-0.2, -0.15) is 8.78 Å². The number of aromatic amines is 1. The molecule has 1 fully saturated rings. The number of hydrogen-bond acceptors (Lipinski definition) is 5. The molecule has 2 heterocycles. The summed E-state index contributed by atoms with van der Waals surface area (Å²) in [5.74, 6) is 1.15. The normalized spacial score (nSPS) is 16.2. The number of halogens is 2. The van der Waals surface area contributed by atoms with Crippen molar-refractivity contribution in [1.82, 2.24) is 9.88 Å². The van der Waals surface area contributed by atoms with Crippen molar-refractivity contribution in [2.24, 2.45) is 5.92 Å². The number of fused-ring (bicyclic) bond motifs is 1. The molecule has 0 saturated carbocycles. The van der Waals surface area contributed by atoms with E-state index in [0.717, 1.165) is 42.6 Å². The Morgan fingerprint density at radius 3 is 2.45 bits per heavy atom. The van der Waals surface area contributed by atoms with Crippen LogP contribution in [0.4, 0.5) is 8.78 Å². The molecule has 6 nitrogen and oxygen atoms in total. The molecule has 0 atom stereocenters. The van der Waals surface area contributed by atoms with E-state index in [1.54, 1.807) is 24.4 Å². The number of piperidine rings is 1. The molecule has 1 aromatic heterocycles. The molecule has 1 aliphatic rings. The van der Waals surface area contributed by atoms with Crippen molar-refractivity contribution in [2.75, 3.05) is 19.7 Å². The molecule has 0 aliphatic carbocycles. The van der Waals surface area contributed by atoms with Gasteiger partial charge < -0.3 is 9.72 Å². The zero-order valence-electron chi connectivity index (χ0n) is 18.3. The second-order valence-electron chi connectivity index (χ2n) is 8.54. The van der Waals surface area contributed by atoms with Gasteiger partial charge in [0.1, 0.15) is 5.75 Å². The Labute approximate surface area is 191 Å². The molecule has 0 radical (unpaired) electrons. The Morgan fingerprint density at radius 1 is 1.09 bits per heavy atom. The summed E-state index contributed by atoms with van der Waals surface area (Å²) >= 11 is 0. The molecule has 3 aromatic rings. The first-order valence-electron chi connectivity index (χ1n) is 10.8. The number of likely N-dealkylation sites (tertiary alicyclic amines) is 1. The van der Waals surface area contributed by atoms with Crippen LogP contribution in [-0.4, -0.2) is 43.3 Å². The van der Waals surface area contributed by atoms with E-state index >= 15 is 0 Å². The molecule has 0 unspecified atom stereocenters. The van der Waals surface area contributed by atoms with Gasteiger partial charge >= 0.3 is 5.25 Å². The average molecular weight is 477 g/mol. The topological polar surface area (TPSA) is 79.5 Å². The monoisotopic (exact) mass is 476 g/mol. The third-order valence-corrected chi connectivity index (χ3v) is 7.89. The van der Waals surface area contributed by atoms with Crippen LogP contribution in [0.1, 0.15) is 25.3 Å². The molecular weight excluding hydrogens is 450 g/mol. The number of rotatable bonds is 7. The number of alkyl halides is 2. The summed E-state index contributed by atoms with van der Waals surface area (Å²) in [6.07, 6.45) is 3.54. The second-order valence-corrected chi connectivity index (χ2v) is 10.7. The summed E-state index contributed by atoms with van der Waals surface area (Å²) in [5.41, 5.74) is 0.764. The molecule has 9 heteroatoms. The van der Waals surface area contributed by atoms with Crippen LogP contribution in [0, 0.1) is 5.92 Å². The summed E-state index contributed by atoms with van der Waals surface area (Å²) in [7, 11) is -4.66. The van der Waals surface area contributed by atoms with Gasteiger partial charge in [0.15, 0.2) is 0 Å². The van der Waals surface area contributed by atoms with Gasteiger partial charge in [-0.1, -0.05) is 12.1 Å². The number of ether oxygens (including phenoxy) is 1. The van der Waals surface area contributed by atoms with Crippen molar-refractivity contribution in [3.05, 3.63) is 70.6 Å². The molecular formula is C24H26F2N2O4S. The van der Waals surface area contributed by atoms with Gasteiger partial charge in [-0.05, 0) is 79.2 Å². The number of H-pyrrole nitrogens is 1. The zero-order chi connectivity index (χ0) is 23.6. The highest BCUT2D eigenvalue weighted by atomic mass is 32.2. The molecule has 0 bridgehead atoms. The molecule has 176 valence electrons. The first-order chi connectivity index (χ1) is 15.6. The third-order valence-electron chi connectivity index (χ3n) is 6.05. The van der Waals surface area contributed by atoms with Gasteiger partial charge in [0.05, 0.1) is 11.5 Å². The van der Waals surface area contributed by atoms with Crippen LogP contribution < -0.4 is 10.3 Å². The zero-order valence-corrected chi connectivity index (χ0v) is 19.1. The Morgan fingerprint density at radius 2 is 1.79 bits per heavy atom. The summed E-state index contributed by atoms with van der Waals surface area (Å²) < 4.78 is 56.3. The Balaban J connectivity index is 1.27. The quantitative estimate of drug-likeness (QED) is 0.553. The standard InChI is InChI=1S/C24H26F2N2O4S/c1-24(25,26)33(30,31)21-5-2-17(3-6-21)15-28-12-9-18(10-13-28)16-32-20-4-7-22-19(14-20)8-11-27-23(22)29/h2-8,11,14,18H,9-10,12-13,15-16H2,1H3,(H,27,29). The van der Waals surface area contributed by atoms with Crippen LogP contribution >= 0.6 is 0 Å². The van der Waals surface area contributed by atoms with E-state index < -0.39 is 15.1 Å². The predicted molar refractivity (Wildman–Crippen MR) is 122 cm³/mol. The van der Waals surface area contributed by atoms with Gasteiger partial charge in [0, 0.05) is 25.1 Å². The van der Waals surface area contributed by atoms with Gasteiger partial charge in [0.2, 0.25) is 9.84 Å². The highest BCUT2D eigenvalue weighted by molar-refractivity contribution is 7.92. The average Bonchev–Trinajstić information content (AvgIpc) is 2.78. The minimum absolute atomic E-state index is 0.119. The number of sulfone groups is 1. The minimum atomic E-state index is -4.66. The van der Waals surface area contributed by atoms with Crippen LogP contribution in [0.25, 0.3) is 10.8 Å². The van der Waals surface area contributed by atoms with Gasteiger partial charge in [-0.3, -0.25) is 9.69 Å². The molecule has 4 rings (SSSR count). The van der Waals surface area contributed by atoms with Crippen LogP contribution in [0.2, 0.25) is 0 Å². The molecule has 1 saturated heterocycles. The van der Waals surface area contributed by atoms with Crippen molar-refractivity contribution in [3.8, 4) is 5.75 Å². The summed E-state index contributed by atoms with van der Waals surface area (Å²) in [6, 6.07) is 13.0. The van der Waals surface area contributed by atoms with E-state index in [0.29, 0.717) is 31.4 Å². The number of nitrogens with one attached hydrogen (secondary N) is 1. The fraction of sp³-hybridized carbons (Fsp3) is 0.375. The van der Waals surface area contributed by atoms with Crippen molar-refractivity contribution in [1.29, 1.82) is 0 Å². The van der Waals surface area contributed by atoms with Gasteiger partial charge in [-0.15, -0.1) is 0 Å². The fourth-order valence-electron chi connectivity index (χ4n) is 4.02. The lowest BCUT2D eigenvalue weighted by atomic mass is 9.97. The lowest BCUT2D eigenvalue weighted by Gasteiger charge is -2.31. The molecule has 1 aliphatic heterocycles. The smallest absolute Gasteiger partial charge is 0.347 e. The predicted octanol–water partition coefficient (Wildman–Crippen LogP) is 4.21. The van der Waals surface area contributed by atoms with E-state index in [2.05, 4.69) is 9.88 Å². The first kappa shape index (κ1) is 23.4. The third kappa shape index (κ3) is 5.25. The maximum Gasteiger partial charge on any atom is 0.347 e. The number of aromatic nitrogens is 1. The maximum atomic E-state index is 13.3. The Bertz CT molecular complexity index is 1280. The summed E-state index contributed by atoms with van der Waals surface area (Å²) in [5, 5.41) is -2.33. The van der Waals surface area contributed by atoms with Crippen molar-refractivity contribution >= 4 is 20.6 Å². The fourth-order valence-corrected chi connectivity index (χ4v) is 4.93. The Hall–Kier alpha value is -2.78. The van der Waals surface area contributed by atoms with Gasteiger partial charge in [-0.25, -0.2) is 8.42 Å². The van der Waals surface area contributed by atoms with Crippen molar-refractivity contribution in [3.63, 3.8) is 0 Å². The maximum absolute atomic E-state index is 13.3. The number of pyridine rings is 1. The van der Waals surface area contributed by atoms with Crippen LogP contribution in [0.15, 0.2) is 64.4 Å². The lowest BCUT2D eigenvalue weighted by molar-refractivity contribution is 0.114. The molecule has 33 heavy (non-hydrogen) atoms. The van der Waals surface area contributed by atoms with Crippen molar-refractivity contribution < 1.29 is 21.9 Å². The van der Waals surface area contributed by atoms with Crippen molar-refractivity contribution in [2.45, 2.75) is 36.5 Å². The summed E-state index contributed by atoms with van der Waals surface area (Å²) in [4.78, 5) is 16.3. The lowest BCUT2D eigenvalue weighted by Crippen LogP contribution is -2.35. The minimum Gasteiger partial charge on any atom is -0.493 e. The highest BCUT2D eigenvalue weighted by Gasteiger charge is 2.40. The van der Waals surface area contributed by atoms with E-state index in [1.807, 2.05) is 18.2 Å². The largest absolute Gasteiger partial charge is 0.493 e. The second kappa shape index (κ2) is 9.23. The van der Waals surface area contributed by atoms with E-state index in [-0.39, 0.29) is 10.5 Å². The van der Waals surface area contributed by atoms with E-state index in [4.69, 9.17) is 4.74 Å². The number of benzene rings is 2. The molecule has 2 aromatic carbocycles. The molecule has 0 spiro atoms. The SMILES string of the molecule is CC(F)(F)S(=O)(=O)c1ccc(CN2CCC(COc3ccc4c(=O)[nH]ccc4c3)CC2)cc1. The number of hydrogen-bond donors (Lipinski definition) is 1. The highest BCUT2D eigenvalue weighted by Crippen LogP contribution is 2.29. The van der Waals surface area contributed by atoms with Crippen LogP contribution in [0.3, 0.4) is 0 Å².